The minimum absolute atomic E-state index is 0.0110. The Morgan fingerprint density at radius 3 is 2.84 bits per heavy atom. The van der Waals surface area contributed by atoms with Gasteiger partial charge in [0.1, 0.15) is 5.82 Å². The number of benzene rings is 1. The zero-order chi connectivity index (χ0) is 17.6. The molecule has 1 N–H and O–H groups in total. The molecule has 0 saturated carbocycles. The summed E-state index contributed by atoms with van der Waals surface area (Å²) in [5.41, 5.74) is 1.93. The predicted molar refractivity (Wildman–Crippen MR) is 94.7 cm³/mol. The number of rotatable bonds is 3. The van der Waals surface area contributed by atoms with Crippen LogP contribution < -0.4 is 0 Å². The number of carbonyl (C=O) groups is 2. The number of aromatic amines is 1. The molecule has 132 valence electrons. The third-order valence-electron chi connectivity index (χ3n) is 5.39. The summed E-state index contributed by atoms with van der Waals surface area (Å²) in [5, 5.41) is 0. The van der Waals surface area contributed by atoms with Gasteiger partial charge in [0.15, 0.2) is 0 Å². The number of aromatic nitrogens is 2. The second kappa shape index (κ2) is 6.17. The third-order valence-corrected chi connectivity index (χ3v) is 5.39. The molecule has 1 aromatic heterocycles. The van der Waals surface area contributed by atoms with Crippen molar-refractivity contribution in [1.82, 2.24) is 19.8 Å². The maximum Gasteiger partial charge on any atom is 0.228 e. The van der Waals surface area contributed by atoms with E-state index in [0.717, 1.165) is 36.2 Å². The van der Waals surface area contributed by atoms with E-state index in [-0.39, 0.29) is 29.8 Å². The molecule has 2 saturated heterocycles. The van der Waals surface area contributed by atoms with Gasteiger partial charge in [-0.1, -0.05) is 12.1 Å². The molecular weight excluding hydrogens is 316 g/mol. The molecule has 4 rings (SSSR count). The van der Waals surface area contributed by atoms with Gasteiger partial charge in [0, 0.05) is 25.6 Å². The lowest BCUT2D eigenvalue weighted by atomic mass is 10.1. The largest absolute Gasteiger partial charge is 0.340 e. The first-order chi connectivity index (χ1) is 12.0. The molecule has 0 radical (unpaired) electrons. The fourth-order valence-electron chi connectivity index (χ4n) is 4.08. The lowest BCUT2D eigenvalue weighted by molar-refractivity contribution is -0.136. The molecule has 2 aliphatic heterocycles. The first kappa shape index (κ1) is 16.1. The normalized spacial score (nSPS) is 24.0. The molecule has 2 fully saturated rings. The van der Waals surface area contributed by atoms with Crippen LogP contribution in [0.5, 0.6) is 0 Å². The molecule has 6 nitrogen and oxygen atoms in total. The Balaban J connectivity index is 1.55. The van der Waals surface area contributed by atoms with E-state index < -0.39 is 0 Å². The van der Waals surface area contributed by atoms with Crippen LogP contribution in [0.3, 0.4) is 0 Å². The van der Waals surface area contributed by atoms with Gasteiger partial charge in [-0.3, -0.25) is 9.59 Å². The molecule has 3 heterocycles. The molecule has 2 aromatic rings. The van der Waals surface area contributed by atoms with Crippen LogP contribution in [0.15, 0.2) is 24.3 Å². The van der Waals surface area contributed by atoms with E-state index in [4.69, 9.17) is 0 Å². The van der Waals surface area contributed by atoms with Crippen LogP contribution in [0.25, 0.3) is 11.0 Å². The second-order valence-corrected chi connectivity index (χ2v) is 7.37. The highest BCUT2D eigenvalue weighted by Crippen LogP contribution is 2.34. The van der Waals surface area contributed by atoms with Crippen LogP contribution in [-0.2, 0) is 9.59 Å². The quantitative estimate of drug-likeness (QED) is 0.933. The number of nitrogens with one attached hydrogen (secondary N) is 1. The van der Waals surface area contributed by atoms with Crippen molar-refractivity contribution in [2.75, 3.05) is 13.1 Å². The van der Waals surface area contributed by atoms with E-state index in [1.807, 2.05) is 47.9 Å². The van der Waals surface area contributed by atoms with Crippen LogP contribution in [0.4, 0.5) is 0 Å². The Bertz CT molecular complexity index is 780. The molecule has 25 heavy (non-hydrogen) atoms. The zero-order valence-corrected chi connectivity index (χ0v) is 14.7. The minimum Gasteiger partial charge on any atom is -0.340 e. The summed E-state index contributed by atoms with van der Waals surface area (Å²) in [6.45, 7) is 5.28. The molecule has 0 spiro atoms. The number of carbonyl (C=O) groups excluding carboxylic acids is 2. The van der Waals surface area contributed by atoms with Crippen molar-refractivity contribution in [3.05, 3.63) is 30.1 Å². The highest BCUT2D eigenvalue weighted by atomic mass is 16.2. The number of hydrogen-bond donors (Lipinski definition) is 1. The molecule has 2 unspecified atom stereocenters. The van der Waals surface area contributed by atoms with Crippen molar-refractivity contribution in [2.45, 2.75) is 45.2 Å². The average molecular weight is 340 g/mol. The van der Waals surface area contributed by atoms with Gasteiger partial charge in [-0.2, -0.15) is 0 Å². The summed E-state index contributed by atoms with van der Waals surface area (Å²) in [7, 11) is 0. The smallest absolute Gasteiger partial charge is 0.228 e. The third kappa shape index (κ3) is 2.79. The number of H-pyrrole nitrogens is 1. The predicted octanol–water partition coefficient (Wildman–Crippen LogP) is 2.48. The SMILES string of the molecule is CC(C)N1CC(C(=O)N2CCCC2c2nc3ccccc3[nH]2)CC1=O. The van der Waals surface area contributed by atoms with Crippen molar-refractivity contribution in [3.8, 4) is 0 Å². The number of likely N-dealkylation sites (tertiary alicyclic amines) is 2. The Kier molecular flexibility index (Phi) is 3.98. The summed E-state index contributed by atoms with van der Waals surface area (Å²) in [6, 6.07) is 8.07. The van der Waals surface area contributed by atoms with Crippen molar-refractivity contribution in [3.63, 3.8) is 0 Å². The van der Waals surface area contributed by atoms with Crippen molar-refractivity contribution in [1.29, 1.82) is 0 Å². The number of fused-ring (bicyclic) bond motifs is 1. The lowest BCUT2D eigenvalue weighted by Crippen LogP contribution is -2.38. The monoisotopic (exact) mass is 340 g/mol. The molecule has 2 aliphatic rings. The summed E-state index contributed by atoms with van der Waals surface area (Å²) in [4.78, 5) is 37.0. The Hall–Kier alpha value is -2.37. The Labute approximate surface area is 147 Å². The van der Waals surface area contributed by atoms with Crippen LogP contribution in [0.2, 0.25) is 0 Å². The zero-order valence-electron chi connectivity index (χ0n) is 14.7. The second-order valence-electron chi connectivity index (χ2n) is 7.37. The van der Waals surface area contributed by atoms with Crippen LogP contribution in [0, 0.1) is 5.92 Å². The van der Waals surface area contributed by atoms with Crippen molar-refractivity contribution < 1.29 is 9.59 Å². The summed E-state index contributed by atoms with van der Waals surface area (Å²) >= 11 is 0. The number of nitrogens with zero attached hydrogens (tertiary/aromatic N) is 3. The van der Waals surface area contributed by atoms with Gasteiger partial charge in [-0.15, -0.1) is 0 Å². The molecule has 6 heteroatoms. The number of amides is 2. The average Bonchev–Trinajstić information content (AvgIpc) is 3.30. The number of para-hydroxylation sites is 2. The molecule has 2 atom stereocenters. The van der Waals surface area contributed by atoms with E-state index in [1.54, 1.807) is 0 Å². The van der Waals surface area contributed by atoms with E-state index in [9.17, 15) is 9.59 Å². The van der Waals surface area contributed by atoms with Gasteiger partial charge in [-0.05, 0) is 38.8 Å². The van der Waals surface area contributed by atoms with Crippen LogP contribution >= 0.6 is 0 Å². The van der Waals surface area contributed by atoms with Crippen molar-refractivity contribution >= 4 is 22.8 Å². The van der Waals surface area contributed by atoms with E-state index >= 15 is 0 Å². The van der Waals surface area contributed by atoms with Gasteiger partial charge in [0.2, 0.25) is 11.8 Å². The Morgan fingerprint density at radius 2 is 2.12 bits per heavy atom. The molecule has 0 aliphatic carbocycles. The Morgan fingerprint density at radius 1 is 1.32 bits per heavy atom. The van der Waals surface area contributed by atoms with Gasteiger partial charge >= 0.3 is 0 Å². The van der Waals surface area contributed by atoms with E-state index in [2.05, 4.69) is 9.97 Å². The number of hydrogen-bond acceptors (Lipinski definition) is 3. The highest BCUT2D eigenvalue weighted by Gasteiger charge is 2.41. The van der Waals surface area contributed by atoms with Gasteiger partial charge in [0.25, 0.3) is 0 Å². The van der Waals surface area contributed by atoms with Crippen LogP contribution in [-0.4, -0.2) is 50.7 Å². The first-order valence-corrected chi connectivity index (χ1v) is 9.09. The first-order valence-electron chi connectivity index (χ1n) is 9.09. The molecular formula is C19H24N4O2. The van der Waals surface area contributed by atoms with E-state index in [1.165, 1.54) is 0 Å². The molecule has 0 bridgehead atoms. The fraction of sp³-hybridized carbons (Fsp3) is 0.526. The summed E-state index contributed by atoms with van der Waals surface area (Å²) in [5.74, 6) is 0.823. The maximum absolute atomic E-state index is 13.1. The van der Waals surface area contributed by atoms with Gasteiger partial charge in [0.05, 0.1) is 23.0 Å². The topological polar surface area (TPSA) is 69.3 Å². The standard InChI is InChI=1S/C19H24N4O2/c1-12(2)23-11-13(10-17(23)24)19(25)22-9-5-8-16(22)18-20-14-6-3-4-7-15(14)21-18/h3-4,6-7,12-13,16H,5,8-11H2,1-2H3,(H,20,21). The van der Waals surface area contributed by atoms with Crippen molar-refractivity contribution in [2.24, 2.45) is 5.92 Å². The van der Waals surface area contributed by atoms with Crippen LogP contribution in [0.1, 0.15) is 45.0 Å². The van der Waals surface area contributed by atoms with E-state index in [0.29, 0.717) is 13.0 Å². The summed E-state index contributed by atoms with van der Waals surface area (Å²) in [6.07, 6.45) is 2.22. The lowest BCUT2D eigenvalue weighted by Gasteiger charge is -2.26. The molecule has 2 amide bonds. The highest BCUT2D eigenvalue weighted by molar-refractivity contribution is 5.89. The van der Waals surface area contributed by atoms with Gasteiger partial charge in [-0.25, -0.2) is 4.98 Å². The van der Waals surface area contributed by atoms with Gasteiger partial charge < -0.3 is 14.8 Å². The summed E-state index contributed by atoms with van der Waals surface area (Å²) < 4.78 is 0. The minimum atomic E-state index is -0.222. The fourth-order valence-corrected chi connectivity index (χ4v) is 4.08. The maximum atomic E-state index is 13.1. The molecule has 1 aromatic carbocycles. The number of imidazole rings is 1.